The van der Waals surface area contributed by atoms with E-state index in [1.165, 1.54) is 14.2 Å². The minimum Gasteiger partial charge on any atom is -0.493 e. The van der Waals surface area contributed by atoms with Crippen LogP contribution < -0.4 is 25.8 Å². The lowest BCUT2D eigenvalue weighted by molar-refractivity contribution is -0.115. The number of fused-ring (bicyclic) bond motifs is 2. The summed E-state index contributed by atoms with van der Waals surface area (Å²) in [4.78, 5) is 23.8. The first-order chi connectivity index (χ1) is 16.9. The molecule has 7 N–H and O–H groups in total. The van der Waals surface area contributed by atoms with Gasteiger partial charge in [-0.25, -0.2) is 4.98 Å². The van der Waals surface area contributed by atoms with E-state index in [-0.39, 0.29) is 30.8 Å². The standard InChI is InChI=1S/C23H24N8O4/c1-33-17-10-13-15(11-18(17)34-2)30-23(31-19(13)24)28-8-7-27-22(32)21(26)35-20(25)16-9-12-5-3-4-6-14(12)29-16/h3-6,9-11,25-26,29H,7-8H2,1-2H3,(H,27,32)(H3,24,28,30,31). The quantitative estimate of drug-likeness (QED) is 0.133. The van der Waals surface area contributed by atoms with Crippen molar-refractivity contribution in [1.82, 2.24) is 20.3 Å². The third-order valence-electron chi connectivity index (χ3n) is 5.11. The number of benzene rings is 2. The van der Waals surface area contributed by atoms with E-state index in [4.69, 9.17) is 30.8 Å². The Kier molecular flexibility index (Phi) is 6.62. The van der Waals surface area contributed by atoms with Gasteiger partial charge in [0, 0.05) is 35.4 Å². The zero-order valence-corrected chi connectivity index (χ0v) is 19.1. The van der Waals surface area contributed by atoms with Crippen molar-refractivity contribution < 1.29 is 19.0 Å². The number of nitrogens with one attached hydrogen (secondary N) is 5. The van der Waals surface area contributed by atoms with E-state index in [2.05, 4.69) is 25.6 Å². The average molecular weight is 476 g/mol. The molecule has 2 aromatic carbocycles. The van der Waals surface area contributed by atoms with E-state index in [1.807, 2.05) is 24.3 Å². The van der Waals surface area contributed by atoms with Crippen molar-refractivity contribution in [3.8, 4) is 11.5 Å². The van der Waals surface area contributed by atoms with Crippen molar-refractivity contribution in [3.63, 3.8) is 0 Å². The van der Waals surface area contributed by atoms with Gasteiger partial charge in [-0.2, -0.15) is 4.98 Å². The van der Waals surface area contributed by atoms with E-state index in [0.717, 1.165) is 10.9 Å². The molecule has 35 heavy (non-hydrogen) atoms. The number of amides is 1. The fraction of sp³-hybridized carbons (Fsp3) is 0.174. The normalized spacial score (nSPS) is 10.7. The number of nitrogen functional groups attached to an aromatic ring is 1. The molecule has 4 aromatic rings. The highest BCUT2D eigenvalue weighted by atomic mass is 16.5. The molecule has 1 amide bonds. The predicted molar refractivity (Wildman–Crippen MR) is 132 cm³/mol. The van der Waals surface area contributed by atoms with Crippen LogP contribution in [0.4, 0.5) is 11.8 Å². The van der Waals surface area contributed by atoms with Crippen LogP contribution >= 0.6 is 0 Å². The third-order valence-corrected chi connectivity index (χ3v) is 5.11. The lowest BCUT2D eigenvalue weighted by Crippen LogP contribution is -2.36. The van der Waals surface area contributed by atoms with Gasteiger partial charge in [0.2, 0.25) is 11.8 Å². The maximum atomic E-state index is 12.2. The van der Waals surface area contributed by atoms with Gasteiger partial charge >= 0.3 is 5.91 Å². The summed E-state index contributed by atoms with van der Waals surface area (Å²) in [6, 6.07) is 12.6. The molecular formula is C23H24N8O4. The molecule has 4 rings (SSSR count). The van der Waals surface area contributed by atoms with Gasteiger partial charge in [0.1, 0.15) is 11.5 Å². The first kappa shape index (κ1) is 23.3. The first-order valence-electron chi connectivity index (χ1n) is 10.5. The number of H-pyrrole nitrogens is 1. The van der Waals surface area contributed by atoms with Crippen LogP contribution in [0.1, 0.15) is 5.69 Å². The highest BCUT2D eigenvalue weighted by Crippen LogP contribution is 2.33. The molecule has 0 atom stereocenters. The zero-order chi connectivity index (χ0) is 24.9. The summed E-state index contributed by atoms with van der Waals surface area (Å²) in [5.74, 6) is -0.235. The zero-order valence-electron chi connectivity index (χ0n) is 19.1. The van der Waals surface area contributed by atoms with Gasteiger partial charge in [-0.15, -0.1) is 0 Å². The number of nitrogens with two attached hydrogens (primary N) is 1. The van der Waals surface area contributed by atoms with Crippen LogP contribution in [0.5, 0.6) is 11.5 Å². The largest absolute Gasteiger partial charge is 0.493 e. The van der Waals surface area contributed by atoms with Gasteiger partial charge in [0.05, 0.1) is 19.7 Å². The molecule has 12 heteroatoms. The Morgan fingerprint density at radius 2 is 1.80 bits per heavy atom. The smallest absolute Gasteiger partial charge is 0.306 e. The number of carbonyl (C=O) groups is 1. The van der Waals surface area contributed by atoms with Crippen molar-refractivity contribution in [3.05, 3.63) is 48.2 Å². The molecular weight excluding hydrogens is 452 g/mol. The summed E-state index contributed by atoms with van der Waals surface area (Å²) >= 11 is 0. The van der Waals surface area contributed by atoms with E-state index < -0.39 is 11.8 Å². The molecule has 0 saturated heterocycles. The molecule has 0 fully saturated rings. The number of rotatable bonds is 7. The Balaban J connectivity index is 1.30. The summed E-state index contributed by atoms with van der Waals surface area (Å²) in [5.41, 5.74) is 7.81. The molecule has 0 aliphatic carbocycles. The minimum atomic E-state index is -0.761. The molecule has 0 aliphatic heterocycles. The van der Waals surface area contributed by atoms with E-state index in [9.17, 15) is 4.79 Å². The van der Waals surface area contributed by atoms with E-state index in [0.29, 0.717) is 28.1 Å². The number of para-hydroxylation sites is 1. The first-order valence-corrected chi connectivity index (χ1v) is 10.5. The third kappa shape index (κ3) is 5.05. The number of anilines is 2. The second-order valence-corrected chi connectivity index (χ2v) is 7.37. The number of hydrogen-bond donors (Lipinski definition) is 6. The van der Waals surface area contributed by atoms with Crippen LogP contribution in [0.2, 0.25) is 0 Å². The molecule has 0 saturated carbocycles. The van der Waals surface area contributed by atoms with Crippen LogP contribution in [0.15, 0.2) is 42.5 Å². The number of ether oxygens (including phenoxy) is 3. The van der Waals surface area contributed by atoms with Gasteiger partial charge in [0.25, 0.3) is 5.90 Å². The van der Waals surface area contributed by atoms with Crippen LogP contribution in [0.25, 0.3) is 21.8 Å². The molecule has 0 bridgehead atoms. The molecule has 180 valence electrons. The summed E-state index contributed by atoms with van der Waals surface area (Å²) in [6.45, 7) is 0.411. The van der Waals surface area contributed by atoms with Crippen LogP contribution in [-0.2, 0) is 9.53 Å². The lowest BCUT2D eigenvalue weighted by atomic mass is 10.2. The molecule has 0 spiro atoms. The molecule has 2 aromatic heterocycles. The van der Waals surface area contributed by atoms with Crippen LogP contribution in [0.3, 0.4) is 0 Å². The Morgan fingerprint density at radius 3 is 2.54 bits per heavy atom. The van der Waals surface area contributed by atoms with Crippen molar-refractivity contribution in [2.45, 2.75) is 0 Å². The molecule has 0 unspecified atom stereocenters. The van der Waals surface area contributed by atoms with Crippen molar-refractivity contribution in [2.75, 3.05) is 38.4 Å². The monoisotopic (exact) mass is 476 g/mol. The average Bonchev–Trinajstić information content (AvgIpc) is 3.30. The number of hydrogen-bond acceptors (Lipinski definition) is 10. The maximum Gasteiger partial charge on any atom is 0.306 e. The number of aromatic amines is 1. The Labute approximate surface area is 199 Å². The number of carbonyl (C=O) groups excluding carboxylic acids is 1. The fourth-order valence-electron chi connectivity index (χ4n) is 3.39. The number of nitrogens with zero attached hydrogens (tertiary/aromatic N) is 2. The second kappa shape index (κ2) is 9.95. The van der Waals surface area contributed by atoms with Crippen molar-refractivity contribution >= 4 is 51.3 Å². The summed E-state index contributed by atoms with van der Waals surface area (Å²) in [5, 5.41) is 22.9. The molecule has 0 aliphatic rings. The molecule has 2 heterocycles. The van der Waals surface area contributed by atoms with Crippen molar-refractivity contribution in [2.24, 2.45) is 0 Å². The van der Waals surface area contributed by atoms with Gasteiger partial charge in [0.15, 0.2) is 11.5 Å². The second-order valence-electron chi connectivity index (χ2n) is 7.37. The van der Waals surface area contributed by atoms with Crippen LogP contribution in [0, 0.1) is 10.8 Å². The highest BCUT2D eigenvalue weighted by Gasteiger charge is 2.16. The predicted octanol–water partition coefficient (Wildman–Crippen LogP) is 2.26. The number of aromatic nitrogens is 3. The Hall–Kier alpha value is -4.87. The fourth-order valence-corrected chi connectivity index (χ4v) is 3.39. The van der Waals surface area contributed by atoms with E-state index in [1.54, 1.807) is 18.2 Å². The Morgan fingerprint density at radius 1 is 1.06 bits per heavy atom. The van der Waals surface area contributed by atoms with Gasteiger partial charge in [-0.1, -0.05) is 18.2 Å². The minimum absolute atomic E-state index is 0.150. The van der Waals surface area contributed by atoms with Gasteiger partial charge in [-0.05, 0) is 18.2 Å². The highest BCUT2D eigenvalue weighted by molar-refractivity contribution is 6.36. The SMILES string of the molecule is COc1cc2nc(NCCNC(=O)C(=N)OC(=N)c3cc4ccccc4[nH]3)nc(N)c2cc1OC. The molecule has 0 radical (unpaired) electrons. The maximum absolute atomic E-state index is 12.2. The summed E-state index contributed by atoms with van der Waals surface area (Å²) < 4.78 is 15.7. The lowest BCUT2D eigenvalue weighted by Gasteiger charge is -2.12. The molecule has 12 nitrogen and oxygen atoms in total. The topological polar surface area (TPSA) is 184 Å². The van der Waals surface area contributed by atoms with Crippen molar-refractivity contribution in [1.29, 1.82) is 10.8 Å². The van der Waals surface area contributed by atoms with Gasteiger partial charge in [-0.3, -0.25) is 15.6 Å². The van der Waals surface area contributed by atoms with Crippen LogP contribution in [-0.4, -0.2) is 60.0 Å². The number of methoxy groups -OCH3 is 2. The van der Waals surface area contributed by atoms with Gasteiger partial charge < -0.3 is 35.6 Å². The summed E-state index contributed by atoms with van der Waals surface area (Å²) in [6.07, 6.45) is 0. The Bertz CT molecular complexity index is 1400. The van der Waals surface area contributed by atoms with E-state index >= 15 is 0 Å². The summed E-state index contributed by atoms with van der Waals surface area (Å²) in [7, 11) is 3.06.